The highest BCUT2D eigenvalue weighted by Crippen LogP contribution is 2.34. The van der Waals surface area contributed by atoms with Crippen molar-refractivity contribution in [1.82, 2.24) is 9.80 Å². The Balaban J connectivity index is 1.16. The van der Waals surface area contributed by atoms with Crippen molar-refractivity contribution in [3.8, 4) is 5.75 Å². The number of imide groups is 1. The topological polar surface area (TPSA) is 113 Å². The molecule has 0 atom stereocenters. The maximum atomic E-state index is 13.0. The van der Waals surface area contributed by atoms with E-state index in [2.05, 4.69) is 20.8 Å². The summed E-state index contributed by atoms with van der Waals surface area (Å²) in [6.07, 6.45) is 1.61. The van der Waals surface area contributed by atoms with Crippen LogP contribution in [0.15, 0.2) is 82.2 Å². The maximum absolute atomic E-state index is 13.0. The third kappa shape index (κ3) is 6.77. The van der Waals surface area contributed by atoms with Gasteiger partial charge in [-0.15, -0.1) is 0 Å². The Morgan fingerprint density at radius 2 is 1.71 bits per heavy atom. The normalized spacial score (nSPS) is 16.4. The van der Waals surface area contributed by atoms with Gasteiger partial charge in [0.2, 0.25) is 5.91 Å². The van der Waals surface area contributed by atoms with Gasteiger partial charge in [0.05, 0.1) is 14.3 Å². The molecule has 5 rings (SSSR count). The van der Waals surface area contributed by atoms with E-state index in [1.807, 2.05) is 30.3 Å². The second-order valence-corrected chi connectivity index (χ2v) is 11.2. The van der Waals surface area contributed by atoms with Crippen molar-refractivity contribution in [2.75, 3.05) is 37.6 Å². The molecular formula is C29H25BrN4O6S. The first kappa shape index (κ1) is 28.4. The molecule has 3 aromatic rings. The Morgan fingerprint density at radius 1 is 1.00 bits per heavy atom. The summed E-state index contributed by atoms with van der Waals surface area (Å²) >= 11 is 4.28. The Hall–Kier alpha value is -4.16. The van der Waals surface area contributed by atoms with E-state index in [0.29, 0.717) is 42.0 Å². The lowest BCUT2D eigenvalue weighted by Crippen LogP contribution is -2.51. The van der Waals surface area contributed by atoms with Crippen molar-refractivity contribution in [1.29, 1.82) is 0 Å². The van der Waals surface area contributed by atoms with Gasteiger partial charge in [0, 0.05) is 44.0 Å². The highest BCUT2D eigenvalue weighted by atomic mass is 79.9. The number of rotatable bonds is 8. The van der Waals surface area contributed by atoms with Crippen LogP contribution in [0.5, 0.6) is 5.75 Å². The van der Waals surface area contributed by atoms with E-state index in [1.165, 1.54) is 12.1 Å². The summed E-state index contributed by atoms with van der Waals surface area (Å²) in [7, 11) is 0. The molecule has 2 fully saturated rings. The van der Waals surface area contributed by atoms with Crippen LogP contribution in [0.3, 0.4) is 0 Å². The first-order chi connectivity index (χ1) is 19.8. The molecular weight excluding hydrogens is 612 g/mol. The van der Waals surface area contributed by atoms with Crippen LogP contribution in [-0.2, 0) is 16.2 Å². The van der Waals surface area contributed by atoms with Gasteiger partial charge in [0.25, 0.3) is 16.8 Å². The van der Waals surface area contributed by atoms with Gasteiger partial charge in [-0.25, -0.2) is 0 Å². The zero-order chi connectivity index (χ0) is 28.9. The minimum atomic E-state index is -0.495. The van der Waals surface area contributed by atoms with Crippen LogP contribution in [0.2, 0.25) is 0 Å². The molecule has 0 aliphatic carbocycles. The Morgan fingerprint density at radius 3 is 2.37 bits per heavy atom. The molecule has 0 radical (unpaired) electrons. The lowest BCUT2D eigenvalue weighted by Gasteiger charge is -2.36. The van der Waals surface area contributed by atoms with E-state index in [4.69, 9.17) is 4.74 Å². The Kier molecular flexibility index (Phi) is 8.70. The number of carbonyl (C=O) groups is 3. The summed E-state index contributed by atoms with van der Waals surface area (Å²) in [4.78, 5) is 54.1. The number of nitrogens with zero attached hydrogens (tertiary/aromatic N) is 4. The number of nitro groups is 1. The summed E-state index contributed by atoms with van der Waals surface area (Å²) < 4.78 is 6.46. The fourth-order valence-corrected chi connectivity index (χ4v) is 5.82. The number of piperazine rings is 1. The van der Waals surface area contributed by atoms with Gasteiger partial charge in [-0.3, -0.25) is 29.4 Å². The van der Waals surface area contributed by atoms with Crippen LogP contribution in [0.25, 0.3) is 6.08 Å². The van der Waals surface area contributed by atoms with E-state index in [0.717, 1.165) is 27.9 Å². The van der Waals surface area contributed by atoms with E-state index in [1.54, 1.807) is 41.3 Å². The van der Waals surface area contributed by atoms with Crippen molar-refractivity contribution >= 4 is 62.2 Å². The predicted octanol–water partition coefficient (Wildman–Crippen LogP) is 5.32. The average molecular weight is 638 g/mol. The van der Waals surface area contributed by atoms with Crippen molar-refractivity contribution in [2.24, 2.45) is 0 Å². The molecule has 0 aromatic heterocycles. The lowest BCUT2D eigenvalue weighted by molar-refractivity contribution is -0.384. The van der Waals surface area contributed by atoms with Gasteiger partial charge in [-0.1, -0.05) is 24.3 Å². The number of amides is 3. The van der Waals surface area contributed by atoms with Gasteiger partial charge in [-0.2, -0.15) is 0 Å². The number of hydrogen-bond donors (Lipinski definition) is 0. The molecule has 2 saturated heterocycles. The molecule has 0 spiro atoms. The molecule has 0 unspecified atom stereocenters. The molecule has 0 saturated carbocycles. The van der Waals surface area contributed by atoms with E-state index >= 15 is 0 Å². The summed E-state index contributed by atoms with van der Waals surface area (Å²) in [5.74, 6) is -0.198. The van der Waals surface area contributed by atoms with E-state index in [-0.39, 0.29) is 29.7 Å². The maximum Gasteiger partial charge on any atom is 0.294 e. The smallest absolute Gasteiger partial charge is 0.294 e. The first-order valence-corrected chi connectivity index (χ1v) is 14.4. The van der Waals surface area contributed by atoms with Crippen LogP contribution in [0.1, 0.15) is 11.1 Å². The monoisotopic (exact) mass is 636 g/mol. The molecule has 0 bridgehead atoms. The SMILES string of the molecule is O=C(CN1C(=O)S/C(=C/c2ccc(OCc3ccc([N+](=O)[O-])cc3)c(Br)c2)C1=O)N1CCN(c2ccccc2)CC1. The van der Waals surface area contributed by atoms with Gasteiger partial charge in [-0.05, 0) is 81.3 Å². The first-order valence-electron chi connectivity index (χ1n) is 12.8. The molecule has 3 amide bonds. The van der Waals surface area contributed by atoms with E-state index in [9.17, 15) is 24.5 Å². The number of hydrogen-bond acceptors (Lipinski definition) is 8. The molecule has 0 N–H and O–H groups in total. The number of ether oxygens (including phenoxy) is 1. The molecule has 210 valence electrons. The fourth-order valence-electron chi connectivity index (χ4n) is 4.47. The number of carbonyl (C=O) groups excluding carboxylic acids is 3. The number of para-hydroxylation sites is 1. The predicted molar refractivity (Wildman–Crippen MR) is 159 cm³/mol. The van der Waals surface area contributed by atoms with Gasteiger partial charge in [0.1, 0.15) is 18.9 Å². The molecule has 2 aliphatic heterocycles. The van der Waals surface area contributed by atoms with E-state index < -0.39 is 16.1 Å². The average Bonchev–Trinajstić information content (AvgIpc) is 3.24. The van der Waals surface area contributed by atoms with Crippen molar-refractivity contribution in [3.05, 3.63) is 103 Å². The van der Waals surface area contributed by atoms with Gasteiger partial charge in [0.15, 0.2) is 0 Å². The highest BCUT2D eigenvalue weighted by molar-refractivity contribution is 9.10. The van der Waals surface area contributed by atoms with Crippen molar-refractivity contribution in [3.63, 3.8) is 0 Å². The minimum absolute atomic E-state index is 0.00901. The van der Waals surface area contributed by atoms with Gasteiger partial charge < -0.3 is 14.5 Å². The van der Waals surface area contributed by atoms with Gasteiger partial charge >= 0.3 is 0 Å². The molecule has 10 nitrogen and oxygen atoms in total. The molecule has 2 aliphatic rings. The zero-order valence-corrected chi connectivity index (χ0v) is 24.2. The Bertz CT molecular complexity index is 1510. The molecule has 12 heteroatoms. The van der Waals surface area contributed by atoms with Crippen molar-refractivity contribution < 1.29 is 24.0 Å². The number of thioether (sulfide) groups is 1. The van der Waals surface area contributed by atoms with Crippen LogP contribution in [0, 0.1) is 10.1 Å². The summed E-state index contributed by atoms with van der Waals surface area (Å²) in [6, 6.07) is 21.3. The number of benzene rings is 3. The summed E-state index contributed by atoms with van der Waals surface area (Å²) in [5, 5.41) is 10.3. The number of anilines is 1. The van der Waals surface area contributed by atoms with Crippen LogP contribution in [-0.4, -0.2) is 64.5 Å². The van der Waals surface area contributed by atoms with Crippen LogP contribution >= 0.6 is 27.7 Å². The van der Waals surface area contributed by atoms with Crippen molar-refractivity contribution in [2.45, 2.75) is 6.61 Å². The Labute approximate surface area is 248 Å². The largest absolute Gasteiger partial charge is 0.488 e. The quantitative estimate of drug-likeness (QED) is 0.185. The summed E-state index contributed by atoms with van der Waals surface area (Å²) in [5.41, 5.74) is 2.56. The number of non-ortho nitro benzene ring substituents is 1. The molecule has 3 aromatic carbocycles. The third-order valence-corrected chi connectivity index (χ3v) is 8.24. The highest BCUT2D eigenvalue weighted by Gasteiger charge is 2.37. The second-order valence-electron chi connectivity index (χ2n) is 9.37. The minimum Gasteiger partial charge on any atom is -0.488 e. The number of halogens is 1. The summed E-state index contributed by atoms with van der Waals surface area (Å²) in [6.45, 7) is 2.33. The molecule has 41 heavy (non-hydrogen) atoms. The van der Waals surface area contributed by atoms with Crippen LogP contribution in [0.4, 0.5) is 16.2 Å². The zero-order valence-electron chi connectivity index (χ0n) is 21.8. The lowest BCUT2D eigenvalue weighted by atomic mass is 10.2. The fraction of sp³-hybridized carbons (Fsp3) is 0.207. The second kappa shape index (κ2) is 12.6. The molecule has 2 heterocycles. The van der Waals surface area contributed by atoms with Crippen LogP contribution < -0.4 is 9.64 Å². The standard InChI is InChI=1S/C29H25BrN4O6S/c30-24-16-21(8-11-25(24)40-19-20-6-9-23(10-7-20)34(38)39)17-26-28(36)33(29(37)41-26)18-27(35)32-14-12-31(13-15-32)22-4-2-1-3-5-22/h1-11,16-17H,12-15,18-19H2/b26-17+. The third-order valence-electron chi connectivity index (χ3n) is 6.72. The number of nitro benzene ring substituents is 1.